The van der Waals surface area contributed by atoms with Crippen molar-refractivity contribution >= 4 is 28.2 Å². The average molecular weight is 321 g/mol. The monoisotopic (exact) mass is 321 g/mol. The molecule has 0 radical (unpaired) electrons. The van der Waals surface area contributed by atoms with Crippen LogP contribution in [0.3, 0.4) is 0 Å². The number of hydrogen-bond acceptors (Lipinski definition) is 7. The van der Waals surface area contributed by atoms with Crippen LogP contribution in [-0.2, 0) is 4.79 Å². The van der Waals surface area contributed by atoms with E-state index in [9.17, 15) is 9.90 Å². The van der Waals surface area contributed by atoms with Gasteiger partial charge in [0.05, 0.1) is 19.1 Å². The molecule has 0 bridgehead atoms. The first kappa shape index (κ1) is 14.5. The summed E-state index contributed by atoms with van der Waals surface area (Å²) in [5.41, 5.74) is 6.54. The molecule has 7 nitrogen and oxygen atoms in total. The number of rotatable bonds is 3. The summed E-state index contributed by atoms with van der Waals surface area (Å²) in [4.78, 5) is 16.9. The average Bonchev–Trinajstić information content (AvgIpc) is 2.86. The number of phenolic OH excluding ortho intramolecular Hbond substituents is 1. The van der Waals surface area contributed by atoms with Crippen molar-refractivity contribution in [3.05, 3.63) is 22.6 Å². The Kier molecular flexibility index (Phi) is 3.53. The number of carbonyl (C=O) groups excluding carboxylic acids is 1. The smallest absolute Gasteiger partial charge is 0.226 e. The number of methoxy groups -OCH3 is 2. The van der Waals surface area contributed by atoms with Crippen molar-refractivity contribution in [1.82, 2.24) is 4.98 Å². The normalized spacial score (nSPS) is 16.8. The lowest BCUT2D eigenvalue weighted by atomic mass is 9.91. The molecule has 0 fully saturated rings. The number of nitrogens with two attached hydrogens (primary N) is 1. The van der Waals surface area contributed by atoms with Gasteiger partial charge in [0.1, 0.15) is 5.82 Å². The molecule has 2 heterocycles. The molecule has 1 amide bonds. The van der Waals surface area contributed by atoms with Crippen molar-refractivity contribution in [2.24, 2.45) is 0 Å². The molecule has 4 N–H and O–H groups in total. The van der Waals surface area contributed by atoms with E-state index in [1.54, 1.807) is 12.1 Å². The zero-order valence-corrected chi connectivity index (χ0v) is 12.9. The highest BCUT2D eigenvalue weighted by Gasteiger charge is 2.31. The van der Waals surface area contributed by atoms with Crippen LogP contribution in [-0.4, -0.2) is 30.2 Å². The van der Waals surface area contributed by atoms with Gasteiger partial charge in [0.15, 0.2) is 16.6 Å². The van der Waals surface area contributed by atoms with E-state index in [0.717, 1.165) is 10.4 Å². The molecular weight excluding hydrogens is 306 g/mol. The quantitative estimate of drug-likeness (QED) is 0.797. The van der Waals surface area contributed by atoms with Crippen LogP contribution in [0.1, 0.15) is 22.8 Å². The maximum Gasteiger partial charge on any atom is 0.226 e. The third kappa shape index (κ3) is 2.31. The molecule has 22 heavy (non-hydrogen) atoms. The van der Waals surface area contributed by atoms with Crippen LogP contribution in [0.25, 0.3) is 0 Å². The topological polar surface area (TPSA) is 107 Å². The molecule has 3 rings (SSSR count). The Balaban J connectivity index is 2.13. The summed E-state index contributed by atoms with van der Waals surface area (Å²) < 4.78 is 10.3. The molecular formula is C14H15N3O4S. The molecule has 1 aliphatic rings. The summed E-state index contributed by atoms with van der Waals surface area (Å²) in [7, 11) is 2.92. The Hall–Kier alpha value is -2.48. The number of ether oxygens (including phenoxy) is 2. The molecule has 1 unspecified atom stereocenters. The summed E-state index contributed by atoms with van der Waals surface area (Å²) in [6.45, 7) is 0. The number of anilines is 2. The second-order valence-corrected chi connectivity index (χ2v) is 5.91. The Bertz CT molecular complexity index is 719. The number of aromatic hydroxyl groups is 1. The van der Waals surface area contributed by atoms with Crippen LogP contribution in [0.4, 0.5) is 10.9 Å². The molecule has 0 spiro atoms. The van der Waals surface area contributed by atoms with Crippen LogP contribution in [0.5, 0.6) is 17.2 Å². The maximum atomic E-state index is 11.9. The number of nitrogen functional groups attached to an aromatic ring is 1. The molecule has 1 aromatic heterocycles. The molecule has 0 aliphatic carbocycles. The van der Waals surface area contributed by atoms with E-state index in [1.807, 2.05) is 0 Å². The van der Waals surface area contributed by atoms with Gasteiger partial charge in [-0.1, -0.05) is 11.3 Å². The minimum Gasteiger partial charge on any atom is -0.502 e. The van der Waals surface area contributed by atoms with Crippen LogP contribution in [0.15, 0.2) is 12.1 Å². The molecule has 0 saturated heterocycles. The molecule has 1 aromatic carbocycles. The number of benzene rings is 1. The number of carbonyl (C=O) groups is 1. The van der Waals surface area contributed by atoms with Crippen molar-refractivity contribution in [2.45, 2.75) is 12.3 Å². The van der Waals surface area contributed by atoms with Gasteiger partial charge >= 0.3 is 0 Å². The Morgan fingerprint density at radius 2 is 2.00 bits per heavy atom. The number of hydrogen-bond donors (Lipinski definition) is 3. The first-order valence-electron chi connectivity index (χ1n) is 6.54. The number of nitrogens with zero attached hydrogens (tertiary/aromatic N) is 1. The number of amides is 1. The number of aromatic nitrogens is 1. The van der Waals surface area contributed by atoms with Gasteiger partial charge in [0.2, 0.25) is 11.7 Å². The Morgan fingerprint density at radius 1 is 1.36 bits per heavy atom. The van der Waals surface area contributed by atoms with Crippen LogP contribution in [0, 0.1) is 0 Å². The van der Waals surface area contributed by atoms with Gasteiger partial charge in [-0.05, 0) is 17.7 Å². The zero-order valence-electron chi connectivity index (χ0n) is 12.0. The third-order valence-electron chi connectivity index (χ3n) is 3.54. The standard InChI is InChI=1S/C14H15N3O4S/c1-20-8-3-6(4-9(21-2)11(8)19)7-5-10(18)16-13-12(7)22-14(15)17-13/h3-4,7,19H,5H2,1-2H3,(H2,15,17)(H,16,18). The molecule has 0 saturated carbocycles. The fourth-order valence-corrected chi connectivity index (χ4v) is 3.44. The summed E-state index contributed by atoms with van der Waals surface area (Å²) >= 11 is 1.33. The molecule has 8 heteroatoms. The summed E-state index contributed by atoms with van der Waals surface area (Å²) in [6, 6.07) is 3.39. The molecule has 1 aliphatic heterocycles. The maximum absolute atomic E-state index is 11.9. The minimum absolute atomic E-state index is 0.0712. The fourth-order valence-electron chi connectivity index (χ4n) is 2.52. The highest BCUT2D eigenvalue weighted by molar-refractivity contribution is 7.16. The highest BCUT2D eigenvalue weighted by atomic mass is 32.1. The highest BCUT2D eigenvalue weighted by Crippen LogP contribution is 2.46. The van der Waals surface area contributed by atoms with Gasteiger partial charge < -0.3 is 25.6 Å². The van der Waals surface area contributed by atoms with E-state index in [1.165, 1.54) is 25.6 Å². The predicted octanol–water partition coefficient (Wildman–Crippen LogP) is 1.92. The van der Waals surface area contributed by atoms with Crippen molar-refractivity contribution in [3.63, 3.8) is 0 Å². The van der Waals surface area contributed by atoms with Crippen molar-refractivity contribution in [3.8, 4) is 17.2 Å². The van der Waals surface area contributed by atoms with Crippen LogP contribution < -0.4 is 20.5 Å². The summed E-state index contributed by atoms with van der Waals surface area (Å²) in [5, 5.41) is 13.1. The van der Waals surface area contributed by atoms with Gasteiger partial charge in [-0.2, -0.15) is 0 Å². The Morgan fingerprint density at radius 3 is 2.59 bits per heavy atom. The van der Waals surface area contributed by atoms with E-state index in [0.29, 0.717) is 22.4 Å². The first-order chi connectivity index (χ1) is 10.5. The minimum atomic E-state index is -0.207. The first-order valence-corrected chi connectivity index (χ1v) is 7.36. The van der Waals surface area contributed by atoms with E-state index >= 15 is 0 Å². The van der Waals surface area contributed by atoms with Crippen LogP contribution in [0.2, 0.25) is 0 Å². The van der Waals surface area contributed by atoms with Gasteiger partial charge in [0.25, 0.3) is 0 Å². The predicted molar refractivity (Wildman–Crippen MR) is 82.8 cm³/mol. The van der Waals surface area contributed by atoms with Gasteiger partial charge in [-0.25, -0.2) is 4.98 Å². The van der Waals surface area contributed by atoms with Gasteiger partial charge in [-0.15, -0.1) is 0 Å². The van der Waals surface area contributed by atoms with Gasteiger partial charge in [0, 0.05) is 12.3 Å². The number of nitrogens with one attached hydrogen (secondary N) is 1. The van der Waals surface area contributed by atoms with E-state index in [-0.39, 0.29) is 24.0 Å². The fraction of sp³-hybridized carbons (Fsp3) is 0.286. The second-order valence-electron chi connectivity index (χ2n) is 4.84. The second kappa shape index (κ2) is 5.38. The molecule has 116 valence electrons. The van der Waals surface area contributed by atoms with Gasteiger partial charge in [-0.3, -0.25) is 4.79 Å². The molecule has 2 aromatic rings. The van der Waals surface area contributed by atoms with Crippen LogP contribution >= 0.6 is 11.3 Å². The Labute approximate surface area is 130 Å². The lowest BCUT2D eigenvalue weighted by molar-refractivity contribution is -0.116. The lowest BCUT2D eigenvalue weighted by Gasteiger charge is -2.22. The molecule has 1 atom stereocenters. The van der Waals surface area contributed by atoms with E-state index in [4.69, 9.17) is 15.2 Å². The van der Waals surface area contributed by atoms with Crippen molar-refractivity contribution < 1.29 is 19.4 Å². The largest absolute Gasteiger partial charge is 0.502 e. The lowest BCUT2D eigenvalue weighted by Crippen LogP contribution is -2.22. The number of phenols is 1. The van der Waals surface area contributed by atoms with Crippen molar-refractivity contribution in [2.75, 3.05) is 25.3 Å². The van der Waals surface area contributed by atoms with E-state index < -0.39 is 0 Å². The number of thiazole rings is 1. The summed E-state index contributed by atoms with van der Waals surface area (Å²) in [6.07, 6.45) is 0.270. The van der Waals surface area contributed by atoms with Crippen molar-refractivity contribution in [1.29, 1.82) is 0 Å². The zero-order chi connectivity index (χ0) is 15.9. The van der Waals surface area contributed by atoms with E-state index in [2.05, 4.69) is 10.3 Å². The number of fused-ring (bicyclic) bond motifs is 1. The SMILES string of the molecule is COc1cc(C2CC(=O)Nc3nc(N)sc32)cc(OC)c1O. The summed E-state index contributed by atoms with van der Waals surface area (Å²) in [5.74, 6) is 0.669. The third-order valence-corrected chi connectivity index (χ3v) is 4.54.